The Hall–Kier alpha value is -1.75. The minimum absolute atomic E-state index is 0.248. The van der Waals surface area contributed by atoms with Gasteiger partial charge in [0.25, 0.3) is 0 Å². The number of hydrogen-bond donors (Lipinski definition) is 1. The lowest BCUT2D eigenvalue weighted by molar-refractivity contribution is -0.142. The zero-order valence-corrected chi connectivity index (χ0v) is 9.01. The fraction of sp³-hybridized carbons (Fsp3) is 0.364. The summed E-state index contributed by atoms with van der Waals surface area (Å²) in [6.45, 7) is 0.268. The summed E-state index contributed by atoms with van der Waals surface area (Å²) in [5.41, 5.74) is 0. The Morgan fingerprint density at radius 3 is 2.38 bits per heavy atom. The third kappa shape index (κ3) is 4.65. The molecular weight excluding hydrogens is 212 g/mol. The standard InChI is InChI=1S/C11H14O5/c1-14-9-2-4-10(5-3-9)16-7-6-15-8-11(12)13/h2-5H,6-8H2,1H3,(H,12,13). The first kappa shape index (κ1) is 12.3. The average Bonchev–Trinajstić information content (AvgIpc) is 2.29. The van der Waals surface area contributed by atoms with Crippen LogP contribution in [0, 0.1) is 0 Å². The van der Waals surface area contributed by atoms with E-state index in [-0.39, 0.29) is 13.2 Å². The Morgan fingerprint density at radius 2 is 1.81 bits per heavy atom. The van der Waals surface area contributed by atoms with Crippen molar-refractivity contribution < 1.29 is 24.1 Å². The molecule has 5 nitrogen and oxygen atoms in total. The summed E-state index contributed by atoms with van der Waals surface area (Å²) in [7, 11) is 1.59. The lowest BCUT2D eigenvalue weighted by Gasteiger charge is -2.06. The summed E-state index contributed by atoms with van der Waals surface area (Å²) in [5, 5.41) is 8.31. The van der Waals surface area contributed by atoms with Gasteiger partial charge in [-0.15, -0.1) is 0 Å². The maximum absolute atomic E-state index is 10.1. The first-order chi connectivity index (χ1) is 7.72. The smallest absolute Gasteiger partial charge is 0.329 e. The molecule has 0 amide bonds. The van der Waals surface area contributed by atoms with E-state index in [1.165, 1.54) is 0 Å². The predicted molar refractivity (Wildman–Crippen MR) is 56.9 cm³/mol. The predicted octanol–water partition coefficient (Wildman–Crippen LogP) is 1.18. The van der Waals surface area contributed by atoms with E-state index in [1.54, 1.807) is 31.4 Å². The fourth-order valence-electron chi connectivity index (χ4n) is 1.05. The minimum atomic E-state index is -0.982. The molecule has 0 aliphatic carbocycles. The van der Waals surface area contributed by atoms with Gasteiger partial charge in [0.15, 0.2) is 0 Å². The molecule has 1 aromatic carbocycles. The molecule has 0 unspecified atom stereocenters. The van der Waals surface area contributed by atoms with Crippen molar-refractivity contribution in [3.05, 3.63) is 24.3 Å². The quantitative estimate of drug-likeness (QED) is 0.707. The van der Waals surface area contributed by atoms with Gasteiger partial charge in [0.2, 0.25) is 0 Å². The maximum atomic E-state index is 10.1. The summed E-state index contributed by atoms with van der Waals surface area (Å²) in [5.74, 6) is 0.471. The number of carboxylic acids is 1. The van der Waals surface area contributed by atoms with Crippen LogP contribution in [0.5, 0.6) is 11.5 Å². The average molecular weight is 226 g/mol. The van der Waals surface area contributed by atoms with Crippen LogP contribution < -0.4 is 9.47 Å². The highest BCUT2D eigenvalue weighted by molar-refractivity contribution is 5.67. The van der Waals surface area contributed by atoms with Crippen molar-refractivity contribution in [1.29, 1.82) is 0 Å². The van der Waals surface area contributed by atoms with Crippen LogP contribution in [0.4, 0.5) is 0 Å². The molecule has 0 fully saturated rings. The van der Waals surface area contributed by atoms with E-state index in [4.69, 9.17) is 19.3 Å². The van der Waals surface area contributed by atoms with Gasteiger partial charge < -0.3 is 19.3 Å². The van der Waals surface area contributed by atoms with Crippen LogP contribution in [0.1, 0.15) is 0 Å². The first-order valence-electron chi connectivity index (χ1n) is 4.79. The highest BCUT2D eigenvalue weighted by atomic mass is 16.5. The topological polar surface area (TPSA) is 65.0 Å². The number of carbonyl (C=O) groups is 1. The van der Waals surface area contributed by atoms with Gasteiger partial charge in [-0.25, -0.2) is 4.79 Å². The molecule has 1 N–H and O–H groups in total. The van der Waals surface area contributed by atoms with Gasteiger partial charge in [-0.2, -0.15) is 0 Å². The number of aliphatic carboxylic acids is 1. The zero-order chi connectivity index (χ0) is 11.8. The van der Waals surface area contributed by atoms with Gasteiger partial charge in [-0.1, -0.05) is 0 Å². The summed E-state index contributed by atoms with van der Waals surface area (Å²) in [4.78, 5) is 10.1. The molecule has 0 aliphatic heterocycles. The molecule has 0 radical (unpaired) electrons. The van der Waals surface area contributed by atoms with Gasteiger partial charge in [0, 0.05) is 0 Å². The second kappa shape index (κ2) is 6.68. The van der Waals surface area contributed by atoms with E-state index < -0.39 is 5.97 Å². The van der Waals surface area contributed by atoms with Crippen LogP contribution >= 0.6 is 0 Å². The number of hydrogen-bond acceptors (Lipinski definition) is 4. The van der Waals surface area contributed by atoms with E-state index in [1.807, 2.05) is 0 Å². The van der Waals surface area contributed by atoms with Crippen LogP contribution in [-0.4, -0.2) is 38.0 Å². The molecule has 5 heteroatoms. The fourth-order valence-corrected chi connectivity index (χ4v) is 1.05. The highest BCUT2D eigenvalue weighted by Gasteiger charge is 1.97. The SMILES string of the molecule is COc1ccc(OCCOCC(=O)O)cc1. The van der Waals surface area contributed by atoms with E-state index in [2.05, 4.69) is 0 Å². The summed E-state index contributed by atoms with van der Waals surface area (Å²) >= 11 is 0. The molecule has 0 bridgehead atoms. The summed E-state index contributed by atoms with van der Waals surface area (Å²) in [6.07, 6.45) is 0. The van der Waals surface area contributed by atoms with Gasteiger partial charge >= 0.3 is 5.97 Å². The van der Waals surface area contributed by atoms with Gasteiger partial charge in [0.1, 0.15) is 24.7 Å². The normalized spacial score (nSPS) is 9.81. The van der Waals surface area contributed by atoms with E-state index in [9.17, 15) is 4.79 Å². The van der Waals surface area contributed by atoms with Crippen molar-refractivity contribution in [2.45, 2.75) is 0 Å². The number of methoxy groups -OCH3 is 1. The van der Waals surface area contributed by atoms with E-state index in [0.29, 0.717) is 12.4 Å². The molecule has 16 heavy (non-hydrogen) atoms. The highest BCUT2D eigenvalue weighted by Crippen LogP contribution is 2.16. The van der Waals surface area contributed by atoms with Crippen molar-refractivity contribution in [2.75, 3.05) is 26.9 Å². The second-order valence-electron chi connectivity index (χ2n) is 2.97. The van der Waals surface area contributed by atoms with Crippen molar-refractivity contribution in [3.63, 3.8) is 0 Å². The van der Waals surface area contributed by atoms with Crippen LogP contribution in [0.15, 0.2) is 24.3 Å². The molecule has 0 saturated heterocycles. The summed E-state index contributed by atoms with van der Waals surface area (Å²) < 4.78 is 15.1. The van der Waals surface area contributed by atoms with Gasteiger partial charge in [0.05, 0.1) is 13.7 Å². The first-order valence-corrected chi connectivity index (χ1v) is 4.79. The third-order valence-electron chi connectivity index (χ3n) is 1.78. The van der Waals surface area contributed by atoms with Crippen LogP contribution in [0.25, 0.3) is 0 Å². The summed E-state index contributed by atoms with van der Waals surface area (Å²) in [6, 6.07) is 7.12. The van der Waals surface area contributed by atoms with Gasteiger partial charge in [-0.05, 0) is 24.3 Å². The molecule has 0 aromatic heterocycles. The van der Waals surface area contributed by atoms with Crippen molar-refractivity contribution in [3.8, 4) is 11.5 Å². The number of carboxylic acid groups (broad SMARTS) is 1. The Balaban J connectivity index is 2.19. The number of rotatable bonds is 7. The Bertz CT molecular complexity index is 320. The lowest BCUT2D eigenvalue weighted by Crippen LogP contribution is -2.12. The molecule has 88 valence electrons. The minimum Gasteiger partial charge on any atom is -0.497 e. The molecule has 1 aromatic rings. The Labute approximate surface area is 93.6 Å². The number of benzene rings is 1. The number of ether oxygens (including phenoxy) is 3. The van der Waals surface area contributed by atoms with Crippen LogP contribution in [0.3, 0.4) is 0 Å². The molecule has 1 rings (SSSR count). The molecule has 0 aliphatic rings. The van der Waals surface area contributed by atoms with E-state index in [0.717, 1.165) is 5.75 Å². The van der Waals surface area contributed by atoms with Crippen molar-refractivity contribution >= 4 is 5.97 Å². The van der Waals surface area contributed by atoms with E-state index >= 15 is 0 Å². The Morgan fingerprint density at radius 1 is 1.19 bits per heavy atom. The molecule has 0 spiro atoms. The third-order valence-corrected chi connectivity index (χ3v) is 1.78. The lowest BCUT2D eigenvalue weighted by atomic mass is 10.3. The maximum Gasteiger partial charge on any atom is 0.329 e. The van der Waals surface area contributed by atoms with Crippen molar-refractivity contribution in [2.24, 2.45) is 0 Å². The monoisotopic (exact) mass is 226 g/mol. The largest absolute Gasteiger partial charge is 0.497 e. The molecular formula is C11H14O5. The van der Waals surface area contributed by atoms with Crippen molar-refractivity contribution in [1.82, 2.24) is 0 Å². The molecule has 0 saturated carbocycles. The van der Waals surface area contributed by atoms with Crippen LogP contribution in [0.2, 0.25) is 0 Å². The molecule has 0 heterocycles. The zero-order valence-electron chi connectivity index (χ0n) is 9.01. The van der Waals surface area contributed by atoms with Gasteiger partial charge in [-0.3, -0.25) is 0 Å². The molecule has 0 atom stereocenters. The second-order valence-corrected chi connectivity index (χ2v) is 2.97. The Kier molecular flexibility index (Phi) is 5.15. The van der Waals surface area contributed by atoms with Crippen LogP contribution in [-0.2, 0) is 9.53 Å².